The fraction of sp³-hybridized carbons (Fsp3) is 0.647. The third kappa shape index (κ3) is 6.58. The van der Waals surface area contributed by atoms with Crippen molar-refractivity contribution in [2.45, 2.75) is 46.5 Å². The van der Waals surface area contributed by atoms with E-state index in [0.717, 1.165) is 24.9 Å². The zero-order valence-corrected chi connectivity index (χ0v) is 14.2. The highest BCUT2D eigenvalue weighted by Gasteiger charge is 2.14. The van der Waals surface area contributed by atoms with Crippen LogP contribution in [0.2, 0.25) is 0 Å². The van der Waals surface area contributed by atoms with E-state index in [4.69, 9.17) is 0 Å². The van der Waals surface area contributed by atoms with Gasteiger partial charge in [-0.15, -0.1) is 0 Å². The molecule has 1 N–H and O–H groups in total. The molecule has 1 aromatic carbocycles. The minimum Gasteiger partial charge on any atom is -0.316 e. The van der Waals surface area contributed by atoms with E-state index in [0.29, 0.717) is 0 Å². The van der Waals surface area contributed by atoms with Gasteiger partial charge in [-0.25, -0.2) is 0 Å². The molecule has 1 aromatic rings. The van der Waals surface area contributed by atoms with Gasteiger partial charge in [0, 0.05) is 4.47 Å². The topological polar surface area (TPSA) is 12.0 Å². The molecule has 1 nitrogen and oxygen atoms in total. The summed E-state index contributed by atoms with van der Waals surface area (Å²) in [6, 6.07) is 8.62. The maximum atomic E-state index is 3.67. The third-order valence-corrected chi connectivity index (χ3v) is 4.53. The van der Waals surface area contributed by atoms with E-state index in [9.17, 15) is 0 Å². The van der Waals surface area contributed by atoms with Crippen molar-refractivity contribution in [1.29, 1.82) is 0 Å². The van der Waals surface area contributed by atoms with Crippen LogP contribution >= 0.6 is 15.9 Å². The standard InChI is InChI=1S/C17H28BrN/c1-4-10-19-13-15(11-14(3)5-2)12-16-8-6-7-9-17(16)18/h6-9,14-15,19H,4-5,10-13H2,1-3H3. The monoisotopic (exact) mass is 325 g/mol. The molecule has 0 aromatic heterocycles. The van der Waals surface area contributed by atoms with Crippen LogP contribution in [0, 0.1) is 11.8 Å². The lowest BCUT2D eigenvalue weighted by Crippen LogP contribution is -2.26. The molecule has 0 aliphatic rings. The maximum Gasteiger partial charge on any atom is 0.0207 e. The van der Waals surface area contributed by atoms with Crippen molar-refractivity contribution in [3.05, 3.63) is 34.3 Å². The molecule has 0 fully saturated rings. The lowest BCUT2D eigenvalue weighted by atomic mass is 9.89. The molecule has 2 heteroatoms. The van der Waals surface area contributed by atoms with Crippen LogP contribution in [0.15, 0.2) is 28.7 Å². The fourth-order valence-corrected chi connectivity index (χ4v) is 2.88. The Morgan fingerprint density at radius 2 is 1.95 bits per heavy atom. The van der Waals surface area contributed by atoms with Crippen LogP contribution in [-0.2, 0) is 6.42 Å². The smallest absolute Gasteiger partial charge is 0.0207 e. The van der Waals surface area contributed by atoms with Crippen LogP contribution in [0.25, 0.3) is 0 Å². The van der Waals surface area contributed by atoms with Crippen LogP contribution < -0.4 is 5.32 Å². The van der Waals surface area contributed by atoms with E-state index in [1.54, 1.807) is 0 Å². The Bertz CT molecular complexity index is 351. The second kappa shape index (κ2) is 9.55. The first kappa shape index (κ1) is 16.7. The first-order chi connectivity index (χ1) is 9.17. The number of hydrogen-bond acceptors (Lipinski definition) is 1. The molecule has 0 bridgehead atoms. The molecule has 108 valence electrons. The zero-order valence-electron chi connectivity index (χ0n) is 12.6. The second-order valence-electron chi connectivity index (χ2n) is 5.61. The van der Waals surface area contributed by atoms with Crippen LogP contribution in [0.5, 0.6) is 0 Å². The summed E-state index contributed by atoms with van der Waals surface area (Å²) in [5.74, 6) is 1.55. The highest BCUT2D eigenvalue weighted by atomic mass is 79.9. The average molecular weight is 326 g/mol. The summed E-state index contributed by atoms with van der Waals surface area (Å²) in [4.78, 5) is 0. The van der Waals surface area contributed by atoms with E-state index in [-0.39, 0.29) is 0 Å². The highest BCUT2D eigenvalue weighted by molar-refractivity contribution is 9.10. The van der Waals surface area contributed by atoms with E-state index >= 15 is 0 Å². The van der Waals surface area contributed by atoms with E-state index in [1.165, 1.54) is 35.7 Å². The first-order valence-electron chi connectivity index (χ1n) is 7.61. The molecule has 19 heavy (non-hydrogen) atoms. The predicted octanol–water partition coefficient (Wildman–Crippen LogP) is 5.04. The van der Waals surface area contributed by atoms with E-state index in [1.807, 2.05) is 0 Å². The molecule has 0 aliphatic heterocycles. The molecule has 0 saturated carbocycles. The normalized spacial score (nSPS) is 14.3. The molecule has 0 radical (unpaired) electrons. The molecular formula is C17H28BrN. The summed E-state index contributed by atoms with van der Waals surface area (Å²) in [5, 5.41) is 3.59. The average Bonchev–Trinajstić information content (AvgIpc) is 2.41. The molecule has 2 atom stereocenters. The Balaban J connectivity index is 2.59. The maximum absolute atomic E-state index is 3.67. The molecular weight excluding hydrogens is 298 g/mol. The number of benzene rings is 1. The number of nitrogens with one attached hydrogen (secondary N) is 1. The highest BCUT2D eigenvalue weighted by Crippen LogP contribution is 2.23. The van der Waals surface area contributed by atoms with Gasteiger partial charge in [-0.3, -0.25) is 0 Å². The SMILES string of the molecule is CCCNCC(Cc1ccccc1Br)CC(C)CC. The molecule has 0 heterocycles. The first-order valence-corrected chi connectivity index (χ1v) is 8.40. The summed E-state index contributed by atoms with van der Waals surface area (Å²) in [5.41, 5.74) is 1.44. The van der Waals surface area contributed by atoms with Gasteiger partial charge in [-0.1, -0.05) is 61.3 Å². The Morgan fingerprint density at radius 3 is 2.58 bits per heavy atom. The van der Waals surface area contributed by atoms with Crippen molar-refractivity contribution < 1.29 is 0 Å². The van der Waals surface area contributed by atoms with Gasteiger partial charge in [-0.2, -0.15) is 0 Å². The van der Waals surface area contributed by atoms with Gasteiger partial charge in [0.25, 0.3) is 0 Å². The van der Waals surface area contributed by atoms with Crippen molar-refractivity contribution in [3.63, 3.8) is 0 Å². The quantitative estimate of drug-likeness (QED) is 0.627. The largest absolute Gasteiger partial charge is 0.316 e. The zero-order chi connectivity index (χ0) is 14.1. The fourth-order valence-electron chi connectivity index (χ4n) is 2.43. The van der Waals surface area contributed by atoms with Gasteiger partial charge in [0.05, 0.1) is 0 Å². The van der Waals surface area contributed by atoms with Gasteiger partial charge in [0.2, 0.25) is 0 Å². The summed E-state index contributed by atoms with van der Waals surface area (Å²) in [6.45, 7) is 9.16. The van der Waals surface area contributed by atoms with Gasteiger partial charge >= 0.3 is 0 Å². The van der Waals surface area contributed by atoms with Gasteiger partial charge < -0.3 is 5.32 Å². The van der Waals surface area contributed by atoms with Crippen molar-refractivity contribution >= 4 is 15.9 Å². The summed E-state index contributed by atoms with van der Waals surface area (Å²) >= 11 is 3.67. The number of rotatable bonds is 9. The van der Waals surface area contributed by atoms with Crippen LogP contribution in [0.4, 0.5) is 0 Å². The molecule has 2 unspecified atom stereocenters. The van der Waals surface area contributed by atoms with Crippen LogP contribution in [-0.4, -0.2) is 13.1 Å². The van der Waals surface area contributed by atoms with Crippen molar-refractivity contribution in [1.82, 2.24) is 5.32 Å². The Morgan fingerprint density at radius 1 is 1.21 bits per heavy atom. The summed E-state index contributed by atoms with van der Waals surface area (Å²) < 4.78 is 1.25. The van der Waals surface area contributed by atoms with Gasteiger partial charge in [-0.05, 0) is 55.8 Å². The summed E-state index contributed by atoms with van der Waals surface area (Å²) in [7, 11) is 0. The van der Waals surface area contributed by atoms with E-state index < -0.39 is 0 Å². The molecule has 0 spiro atoms. The minimum atomic E-state index is 0.736. The van der Waals surface area contributed by atoms with Crippen molar-refractivity contribution in [2.75, 3.05) is 13.1 Å². The van der Waals surface area contributed by atoms with Crippen LogP contribution in [0.3, 0.4) is 0 Å². The molecule has 1 rings (SSSR count). The molecule has 0 aliphatic carbocycles. The van der Waals surface area contributed by atoms with Gasteiger partial charge in [0.1, 0.15) is 0 Å². The molecule has 0 saturated heterocycles. The predicted molar refractivity (Wildman–Crippen MR) is 88.6 cm³/mol. The van der Waals surface area contributed by atoms with Crippen molar-refractivity contribution in [3.8, 4) is 0 Å². The number of hydrogen-bond donors (Lipinski definition) is 1. The molecule has 0 amide bonds. The lowest BCUT2D eigenvalue weighted by Gasteiger charge is -2.21. The Hall–Kier alpha value is -0.340. The van der Waals surface area contributed by atoms with Crippen LogP contribution in [0.1, 0.15) is 45.6 Å². The lowest BCUT2D eigenvalue weighted by molar-refractivity contribution is 0.363. The minimum absolute atomic E-state index is 0.736. The second-order valence-corrected chi connectivity index (χ2v) is 6.47. The van der Waals surface area contributed by atoms with Gasteiger partial charge in [0.15, 0.2) is 0 Å². The van der Waals surface area contributed by atoms with E-state index in [2.05, 4.69) is 66.3 Å². The third-order valence-electron chi connectivity index (χ3n) is 3.76. The Labute approximate surface area is 127 Å². The summed E-state index contributed by atoms with van der Waals surface area (Å²) in [6.07, 6.45) is 4.97. The number of halogens is 1. The van der Waals surface area contributed by atoms with Crippen molar-refractivity contribution in [2.24, 2.45) is 11.8 Å². The Kier molecular flexibility index (Phi) is 8.40.